The Morgan fingerprint density at radius 1 is 1.77 bits per heavy atom. The Morgan fingerprint density at radius 3 is 2.85 bits per heavy atom. The molecule has 5 heteroatoms. The summed E-state index contributed by atoms with van der Waals surface area (Å²) in [6.45, 7) is 0. The topological polar surface area (TPSA) is 66.0 Å². The fraction of sp³-hybridized carbons (Fsp3) is 0.500. The molecular formula is C8H9BrN2O2. The summed E-state index contributed by atoms with van der Waals surface area (Å²) >= 11 is 3.31. The molecule has 0 aliphatic heterocycles. The molecule has 0 saturated heterocycles. The summed E-state index contributed by atoms with van der Waals surface area (Å²) in [6, 6.07) is 0. The van der Waals surface area contributed by atoms with Gasteiger partial charge in [-0.15, -0.1) is 0 Å². The second-order valence-electron chi connectivity index (χ2n) is 3.46. The minimum Gasteiger partial charge on any atom is -0.481 e. The van der Waals surface area contributed by atoms with E-state index in [-0.39, 0.29) is 0 Å². The van der Waals surface area contributed by atoms with Gasteiger partial charge in [0.05, 0.1) is 21.8 Å². The Kier molecular flexibility index (Phi) is 1.91. The van der Waals surface area contributed by atoms with Gasteiger partial charge in [-0.2, -0.15) is 5.10 Å². The maximum atomic E-state index is 10.9. The molecule has 13 heavy (non-hydrogen) atoms. The molecule has 0 amide bonds. The number of carbonyl (C=O) groups is 1. The van der Waals surface area contributed by atoms with Gasteiger partial charge < -0.3 is 5.11 Å². The van der Waals surface area contributed by atoms with Crippen LogP contribution in [-0.4, -0.2) is 21.3 Å². The molecule has 1 heterocycles. The lowest BCUT2D eigenvalue weighted by Gasteiger charge is -2.07. The molecule has 0 atom stereocenters. The van der Waals surface area contributed by atoms with Crippen molar-refractivity contribution in [1.29, 1.82) is 0 Å². The first-order chi connectivity index (χ1) is 6.14. The van der Waals surface area contributed by atoms with Gasteiger partial charge in [0, 0.05) is 6.42 Å². The van der Waals surface area contributed by atoms with E-state index in [1.165, 1.54) is 0 Å². The Hall–Kier alpha value is -0.840. The third-order valence-electron chi connectivity index (χ3n) is 2.49. The Balaban J connectivity index is 2.15. The van der Waals surface area contributed by atoms with Crippen molar-refractivity contribution < 1.29 is 9.90 Å². The molecule has 1 aromatic heterocycles. The summed E-state index contributed by atoms with van der Waals surface area (Å²) in [5.41, 5.74) is 0.356. The summed E-state index contributed by atoms with van der Waals surface area (Å²) in [4.78, 5) is 10.9. The van der Waals surface area contributed by atoms with Gasteiger partial charge in [-0.1, -0.05) is 0 Å². The van der Waals surface area contributed by atoms with Gasteiger partial charge >= 0.3 is 5.97 Å². The van der Waals surface area contributed by atoms with Crippen molar-refractivity contribution >= 4 is 21.9 Å². The highest BCUT2D eigenvalue weighted by atomic mass is 79.9. The summed E-state index contributed by atoms with van der Waals surface area (Å²) in [6.07, 6.45) is 3.73. The molecule has 1 aliphatic carbocycles. The van der Waals surface area contributed by atoms with E-state index in [1.54, 1.807) is 6.20 Å². The van der Waals surface area contributed by atoms with Gasteiger partial charge in [-0.25, -0.2) is 0 Å². The zero-order chi connectivity index (χ0) is 9.47. The molecule has 0 bridgehead atoms. The van der Waals surface area contributed by atoms with E-state index < -0.39 is 11.4 Å². The first-order valence-corrected chi connectivity index (χ1v) is 4.84. The van der Waals surface area contributed by atoms with E-state index in [0.29, 0.717) is 6.42 Å². The van der Waals surface area contributed by atoms with Crippen LogP contribution < -0.4 is 0 Å². The van der Waals surface area contributed by atoms with Crippen LogP contribution in [0.3, 0.4) is 0 Å². The van der Waals surface area contributed by atoms with Crippen LogP contribution in [0, 0.1) is 5.41 Å². The highest BCUT2D eigenvalue weighted by molar-refractivity contribution is 9.10. The van der Waals surface area contributed by atoms with E-state index in [2.05, 4.69) is 26.1 Å². The quantitative estimate of drug-likeness (QED) is 0.849. The maximum absolute atomic E-state index is 10.9. The molecular weight excluding hydrogens is 236 g/mol. The van der Waals surface area contributed by atoms with Crippen LogP contribution in [0.25, 0.3) is 0 Å². The average Bonchev–Trinajstić information content (AvgIpc) is 2.74. The first-order valence-electron chi connectivity index (χ1n) is 4.05. The number of H-pyrrole nitrogens is 1. The predicted molar refractivity (Wildman–Crippen MR) is 49.3 cm³/mol. The molecule has 1 fully saturated rings. The van der Waals surface area contributed by atoms with E-state index in [4.69, 9.17) is 5.11 Å². The van der Waals surface area contributed by atoms with Crippen molar-refractivity contribution in [2.75, 3.05) is 0 Å². The molecule has 0 radical (unpaired) electrons. The maximum Gasteiger partial charge on any atom is 0.310 e. The molecule has 2 N–H and O–H groups in total. The minimum atomic E-state index is -0.700. The lowest BCUT2D eigenvalue weighted by atomic mass is 10.0. The highest BCUT2D eigenvalue weighted by Gasteiger charge is 2.50. The van der Waals surface area contributed by atoms with Crippen LogP contribution in [0.15, 0.2) is 10.7 Å². The van der Waals surface area contributed by atoms with Crippen LogP contribution in [0.1, 0.15) is 18.5 Å². The van der Waals surface area contributed by atoms with Crippen molar-refractivity contribution in [3.63, 3.8) is 0 Å². The Bertz CT molecular complexity index is 344. The fourth-order valence-corrected chi connectivity index (χ4v) is 1.71. The zero-order valence-electron chi connectivity index (χ0n) is 6.88. The van der Waals surface area contributed by atoms with E-state index in [9.17, 15) is 4.79 Å². The smallest absolute Gasteiger partial charge is 0.310 e. The average molecular weight is 245 g/mol. The number of halogens is 1. The second-order valence-corrected chi connectivity index (χ2v) is 4.31. The van der Waals surface area contributed by atoms with Crippen molar-refractivity contribution in [3.05, 3.63) is 16.4 Å². The van der Waals surface area contributed by atoms with Gasteiger partial charge in [0.2, 0.25) is 0 Å². The molecule has 1 aliphatic rings. The van der Waals surface area contributed by atoms with Crippen molar-refractivity contribution in [1.82, 2.24) is 10.2 Å². The second kappa shape index (κ2) is 2.83. The number of aliphatic carboxylic acids is 1. The molecule has 1 aromatic rings. The lowest BCUT2D eigenvalue weighted by molar-refractivity contribution is -0.143. The molecule has 0 spiro atoms. The molecule has 0 unspecified atom stereocenters. The molecule has 70 valence electrons. The van der Waals surface area contributed by atoms with Crippen LogP contribution in [0.4, 0.5) is 0 Å². The minimum absolute atomic E-state index is 0.519. The summed E-state index contributed by atoms with van der Waals surface area (Å²) in [7, 11) is 0. The van der Waals surface area contributed by atoms with Gasteiger partial charge in [0.15, 0.2) is 0 Å². The summed E-state index contributed by atoms with van der Waals surface area (Å²) in [5, 5.41) is 15.6. The van der Waals surface area contributed by atoms with Crippen LogP contribution >= 0.6 is 15.9 Å². The molecule has 0 aromatic carbocycles. The lowest BCUT2D eigenvalue weighted by Crippen LogP contribution is -2.17. The van der Waals surface area contributed by atoms with E-state index >= 15 is 0 Å². The standard InChI is InChI=1S/C8H9BrN2O2/c9-5-4-10-11-6(5)3-8(1-2-8)7(12)13/h4H,1-3H2,(H,10,11)(H,12,13). The van der Waals surface area contributed by atoms with Gasteiger partial charge in [0.1, 0.15) is 0 Å². The fourth-order valence-electron chi connectivity index (χ4n) is 1.38. The van der Waals surface area contributed by atoms with E-state index in [1.807, 2.05) is 0 Å². The Morgan fingerprint density at radius 2 is 2.46 bits per heavy atom. The monoisotopic (exact) mass is 244 g/mol. The summed E-state index contributed by atoms with van der Waals surface area (Å²) in [5.74, 6) is -0.700. The molecule has 4 nitrogen and oxygen atoms in total. The highest BCUT2D eigenvalue weighted by Crippen LogP contribution is 2.48. The predicted octanol–water partition coefficient (Wildman–Crippen LogP) is 1.58. The molecule has 1 saturated carbocycles. The van der Waals surface area contributed by atoms with Gasteiger partial charge in [-0.05, 0) is 28.8 Å². The Labute approximate surface area is 83.5 Å². The SMILES string of the molecule is O=C(O)C1(Cc2[nH]ncc2Br)CC1. The number of carboxylic acids is 1. The zero-order valence-corrected chi connectivity index (χ0v) is 8.47. The van der Waals surface area contributed by atoms with Gasteiger partial charge in [-0.3, -0.25) is 9.89 Å². The number of aromatic amines is 1. The van der Waals surface area contributed by atoms with Crippen LogP contribution in [-0.2, 0) is 11.2 Å². The van der Waals surface area contributed by atoms with Crippen molar-refractivity contribution in [2.24, 2.45) is 5.41 Å². The van der Waals surface area contributed by atoms with Crippen LogP contribution in [0.5, 0.6) is 0 Å². The number of carboxylic acid groups (broad SMARTS) is 1. The third-order valence-corrected chi connectivity index (χ3v) is 3.17. The number of hydrogen-bond donors (Lipinski definition) is 2. The number of hydrogen-bond acceptors (Lipinski definition) is 2. The largest absolute Gasteiger partial charge is 0.481 e. The van der Waals surface area contributed by atoms with Gasteiger partial charge in [0.25, 0.3) is 0 Å². The van der Waals surface area contributed by atoms with Crippen LogP contribution in [0.2, 0.25) is 0 Å². The van der Waals surface area contributed by atoms with E-state index in [0.717, 1.165) is 23.0 Å². The van der Waals surface area contributed by atoms with Crippen molar-refractivity contribution in [2.45, 2.75) is 19.3 Å². The number of nitrogens with one attached hydrogen (secondary N) is 1. The third kappa shape index (κ3) is 1.48. The number of rotatable bonds is 3. The number of nitrogens with zero attached hydrogens (tertiary/aromatic N) is 1. The summed E-state index contributed by atoms with van der Waals surface area (Å²) < 4.78 is 0.861. The number of aromatic nitrogens is 2. The first kappa shape index (κ1) is 8.74. The molecule has 2 rings (SSSR count). The van der Waals surface area contributed by atoms with Crippen molar-refractivity contribution in [3.8, 4) is 0 Å². The normalized spacial score (nSPS) is 18.5.